The maximum Gasteiger partial charge on any atom is 0.199 e. The summed E-state index contributed by atoms with van der Waals surface area (Å²) in [5, 5.41) is 0. The van der Waals surface area contributed by atoms with Crippen molar-refractivity contribution in [2.45, 2.75) is 158 Å². The Morgan fingerprint density at radius 1 is 0.294 bits per heavy atom. The highest BCUT2D eigenvalue weighted by Gasteiger charge is 2.37. The zero-order valence-electron chi connectivity index (χ0n) is 43.0. The molecular weight excluding hydrogens is 873 g/mol. The van der Waals surface area contributed by atoms with E-state index in [9.17, 15) is 19.2 Å². The quantitative estimate of drug-likeness (QED) is 0.137. The maximum absolute atomic E-state index is 14.8. The molecule has 0 fully saturated rings. The van der Waals surface area contributed by atoms with Gasteiger partial charge in [-0.05, 0) is 127 Å². The molecule has 6 heteroatoms. The minimum atomic E-state index is -0.250. The molecule has 2 aromatic heterocycles. The van der Waals surface area contributed by atoms with Gasteiger partial charge in [0.2, 0.25) is 0 Å². The summed E-state index contributed by atoms with van der Waals surface area (Å²) in [6.07, 6.45) is 0. The van der Waals surface area contributed by atoms with Crippen molar-refractivity contribution >= 4 is 57.0 Å². The number of ketones is 4. The topological polar surface area (TPSA) is 68.3 Å². The van der Waals surface area contributed by atoms with Crippen molar-refractivity contribution in [1.82, 2.24) is 0 Å². The Balaban J connectivity index is 1.64. The molecule has 2 heterocycles. The molecule has 0 saturated carbocycles. The first-order valence-electron chi connectivity index (χ1n) is 24.9. The van der Waals surface area contributed by atoms with Gasteiger partial charge >= 0.3 is 0 Å². The number of carbonyl (C=O) groups excluding carboxylic acids is 4. The van der Waals surface area contributed by atoms with E-state index in [2.05, 4.69) is 147 Å². The summed E-state index contributed by atoms with van der Waals surface area (Å²) < 4.78 is 3.11. The smallest absolute Gasteiger partial charge is 0.199 e. The van der Waals surface area contributed by atoms with E-state index < -0.39 is 0 Å². The number of hydrogen-bond acceptors (Lipinski definition) is 6. The first kappa shape index (κ1) is 49.1. The van der Waals surface area contributed by atoms with Gasteiger partial charge in [-0.2, -0.15) is 0 Å². The van der Waals surface area contributed by atoms with Crippen LogP contribution in [0.25, 0.3) is 33.4 Å². The van der Waals surface area contributed by atoms with Crippen molar-refractivity contribution in [3.8, 4) is 22.3 Å². The van der Waals surface area contributed by atoms with E-state index in [4.69, 9.17) is 0 Å². The van der Waals surface area contributed by atoms with Crippen molar-refractivity contribution < 1.29 is 19.2 Å². The van der Waals surface area contributed by atoms with Gasteiger partial charge in [0.25, 0.3) is 0 Å². The second-order valence-electron chi connectivity index (χ2n) is 21.8. The summed E-state index contributed by atoms with van der Waals surface area (Å²) in [6.45, 7) is 35.3. The Labute approximate surface area is 412 Å². The molecule has 2 aliphatic rings. The predicted molar refractivity (Wildman–Crippen MR) is 286 cm³/mol. The molecule has 0 unspecified atom stereocenters. The lowest BCUT2D eigenvalue weighted by atomic mass is 9.81. The van der Waals surface area contributed by atoms with Crippen LogP contribution < -0.4 is 9.06 Å². The van der Waals surface area contributed by atoms with Gasteiger partial charge in [-0.1, -0.05) is 159 Å². The number of hydrogen-bond donors (Lipinski definition) is 0. The van der Waals surface area contributed by atoms with Gasteiger partial charge in [0.1, 0.15) is 0 Å². The number of Topliss-reactive ketones (excluding diaryl/α,β-unsaturated/α-hetero) is 4. The monoisotopic (exact) mass is 940 g/mol. The fourth-order valence-electron chi connectivity index (χ4n) is 10.1. The van der Waals surface area contributed by atoms with E-state index in [-0.39, 0.29) is 69.8 Å². The summed E-state index contributed by atoms with van der Waals surface area (Å²) in [5.41, 5.74) is 15.8. The maximum atomic E-state index is 14.8. The highest BCUT2D eigenvalue weighted by Crippen LogP contribution is 2.44. The minimum absolute atomic E-state index is 0.152. The Kier molecular flexibility index (Phi) is 13.4. The number of fused-ring (bicyclic) bond motifs is 2. The zero-order valence-corrected chi connectivity index (χ0v) is 44.6. The molecule has 8 rings (SSSR count). The number of carbonyl (C=O) groups is 4. The molecule has 2 aliphatic carbocycles. The SMILES string of the molecule is CC(C)c1ccc2c(c1)C(=O)/C(=c1/cc(-c3c(C(C)C)cc(C(C)C)cc3C(C)C)/c(=c3\s/c(=C4/C(=O)c5ccc(C(C)C)cc5C4=O)cc3-c3c(C(C)C)cc(C(C)C)cc3C(C)C)s1)C2=O. The Bertz CT molecular complexity index is 3040. The van der Waals surface area contributed by atoms with Gasteiger partial charge < -0.3 is 0 Å². The van der Waals surface area contributed by atoms with Crippen LogP contribution in [0.15, 0.2) is 72.8 Å². The average Bonchev–Trinajstić information content (AvgIpc) is 4.03. The van der Waals surface area contributed by atoms with Gasteiger partial charge in [-0.3, -0.25) is 19.2 Å². The van der Waals surface area contributed by atoms with Gasteiger partial charge in [-0.25, -0.2) is 0 Å². The summed E-state index contributed by atoms with van der Waals surface area (Å²) in [5.74, 6) is 0.615. The van der Waals surface area contributed by atoms with Crippen molar-refractivity contribution in [1.29, 1.82) is 0 Å². The third kappa shape index (κ3) is 8.38. The number of thiophene rings is 2. The van der Waals surface area contributed by atoms with Gasteiger partial charge in [-0.15, -0.1) is 22.7 Å². The van der Waals surface area contributed by atoms with Crippen LogP contribution in [-0.2, 0) is 0 Å². The van der Waals surface area contributed by atoms with Crippen LogP contribution in [0.1, 0.15) is 244 Å². The molecule has 4 aromatic carbocycles. The molecule has 6 aromatic rings. The van der Waals surface area contributed by atoms with Crippen LogP contribution in [0, 0.1) is 9.06 Å². The lowest BCUT2D eigenvalue weighted by Gasteiger charge is -2.23. The summed E-state index contributed by atoms with van der Waals surface area (Å²) in [6, 6.07) is 25.0. The first-order chi connectivity index (χ1) is 32.0. The van der Waals surface area contributed by atoms with Crippen LogP contribution in [0.4, 0.5) is 0 Å². The Morgan fingerprint density at radius 3 is 0.838 bits per heavy atom. The molecule has 0 atom stereocenters. The lowest BCUT2D eigenvalue weighted by molar-refractivity contribution is 0.101. The molecule has 0 saturated heterocycles. The van der Waals surface area contributed by atoms with Crippen LogP contribution in [-0.4, -0.2) is 23.1 Å². The number of benzene rings is 4. The molecule has 0 radical (unpaired) electrons. The second-order valence-corrected chi connectivity index (χ2v) is 23.9. The Morgan fingerprint density at radius 2 is 0.574 bits per heavy atom. The summed E-state index contributed by atoms with van der Waals surface area (Å²) in [7, 11) is 0. The molecule has 4 nitrogen and oxygen atoms in total. The molecule has 352 valence electrons. The van der Waals surface area contributed by atoms with E-state index in [1.807, 2.05) is 36.4 Å². The fraction of sp³-hybridized carbons (Fsp3) is 0.387. The normalized spacial score (nSPS) is 16.2. The third-order valence-corrected chi connectivity index (χ3v) is 16.7. The standard InChI is InChI=1S/C62H68O4S2/c1-29(2)37-17-19-41-47(21-37)59(65)55(57(41)63)51-27-49(53-43(33(9)10)23-39(31(5)6)24-44(53)34(11)12)61(67-51)62-50(54-45(35(13)14)25-40(32(7)8)26-46(54)36(15)16)28-52(68-62)56-58(64)42-20-18-38(30(3)4)22-48(42)60(56)66/h17-36H,1-16H3/b55-51-,56-52-,62-61+. The lowest BCUT2D eigenvalue weighted by Crippen LogP contribution is -2.10. The fourth-order valence-corrected chi connectivity index (χ4v) is 12.6. The van der Waals surface area contributed by atoms with E-state index in [0.717, 1.165) is 42.4 Å². The molecule has 0 bridgehead atoms. The van der Waals surface area contributed by atoms with Crippen molar-refractivity contribution in [3.05, 3.63) is 158 Å². The third-order valence-electron chi connectivity index (χ3n) is 14.3. The van der Waals surface area contributed by atoms with Gasteiger partial charge in [0.05, 0.1) is 20.2 Å². The van der Waals surface area contributed by atoms with E-state index in [1.165, 1.54) is 56.1 Å². The van der Waals surface area contributed by atoms with E-state index in [0.29, 0.717) is 43.2 Å². The van der Waals surface area contributed by atoms with Crippen LogP contribution in [0.3, 0.4) is 0 Å². The first-order valence-corrected chi connectivity index (χ1v) is 26.5. The van der Waals surface area contributed by atoms with E-state index in [1.54, 1.807) is 0 Å². The minimum Gasteiger partial charge on any atom is -0.288 e. The number of rotatable bonds is 10. The molecule has 0 amide bonds. The molecule has 0 spiro atoms. The largest absolute Gasteiger partial charge is 0.288 e. The molecular formula is C62H68O4S2. The average molecular weight is 941 g/mol. The molecule has 0 N–H and O–H groups in total. The van der Waals surface area contributed by atoms with Crippen molar-refractivity contribution in [3.63, 3.8) is 0 Å². The van der Waals surface area contributed by atoms with Crippen LogP contribution in [0.5, 0.6) is 0 Å². The zero-order chi connectivity index (χ0) is 49.5. The summed E-state index contributed by atoms with van der Waals surface area (Å²) >= 11 is 2.99. The summed E-state index contributed by atoms with van der Waals surface area (Å²) in [4.78, 5) is 58.8. The highest BCUT2D eigenvalue weighted by molar-refractivity contribution is 7.12. The highest BCUT2D eigenvalue weighted by atomic mass is 32.1. The predicted octanol–water partition coefficient (Wildman–Crippen LogP) is 15.9. The van der Waals surface area contributed by atoms with Crippen molar-refractivity contribution in [2.24, 2.45) is 0 Å². The van der Waals surface area contributed by atoms with Gasteiger partial charge in [0, 0.05) is 42.4 Å². The van der Waals surface area contributed by atoms with Crippen LogP contribution in [0.2, 0.25) is 0 Å². The van der Waals surface area contributed by atoms with Gasteiger partial charge in [0.15, 0.2) is 23.1 Å². The van der Waals surface area contributed by atoms with E-state index >= 15 is 0 Å². The second kappa shape index (κ2) is 18.6. The molecule has 0 aliphatic heterocycles. The van der Waals surface area contributed by atoms with Crippen LogP contribution >= 0.6 is 22.7 Å². The Hall–Kier alpha value is -5.30. The molecule has 68 heavy (non-hydrogen) atoms. The van der Waals surface area contributed by atoms with Crippen molar-refractivity contribution in [2.75, 3.05) is 0 Å².